The number of guanidine groups is 1. The smallest absolute Gasteiger partial charge is 0.330 e. The molecule has 0 spiro atoms. The van der Waals surface area contributed by atoms with Gasteiger partial charge in [-0.2, -0.15) is 4.99 Å². The highest BCUT2D eigenvalue weighted by molar-refractivity contribution is 6.12. The number of benzene rings is 1. The zero-order valence-electron chi connectivity index (χ0n) is 21.5. The van der Waals surface area contributed by atoms with Gasteiger partial charge in [0.2, 0.25) is 5.96 Å². The van der Waals surface area contributed by atoms with E-state index >= 15 is 8.78 Å². The standard InChI is InChI=1S/C25H36F2N6O3/c1-31(2)12-8-7-11-28-24-29-14-16-15-32(22-20(26)18(35-3)13-19(36-4)21(22)27)25(34)33(23(16)30-24)17-9-5-6-10-17/h13,16-17H,5-12,14-15H2,1-4H3,(H,28,29). The fourth-order valence-corrected chi connectivity index (χ4v) is 5.08. The lowest BCUT2D eigenvalue weighted by molar-refractivity contribution is 0.205. The van der Waals surface area contributed by atoms with Crippen LogP contribution in [0.25, 0.3) is 0 Å². The molecule has 1 saturated carbocycles. The van der Waals surface area contributed by atoms with Gasteiger partial charge < -0.3 is 19.7 Å². The number of anilines is 1. The minimum absolute atomic E-state index is 0.0602. The van der Waals surface area contributed by atoms with Crippen molar-refractivity contribution >= 4 is 23.5 Å². The summed E-state index contributed by atoms with van der Waals surface area (Å²) in [6.45, 7) is 2.17. The lowest BCUT2D eigenvalue weighted by Gasteiger charge is -2.44. The number of halogens is 2. The third-order valence-corrected chi connectivity index (χ3v) is 6.96. The zero-order valence-corrected chi connectivity index (χ0v) is 21.5. The molecule has 9 nitrogen and oxygen atoms in total. The molecule has 1 aliphatic carbocycles. The van der Waals surface area contributed by atoms with Crippen molar-refractivity contribution in [1.29, 1.82) is 0 Å². The summed E-state index contributed by atoms with van der Waals surface area (Å²) in [5, 5.41) is 3.28. The van der Waals surface area contributed by atoms with Gasteiger partial charge in [0.25, 0.3) is 0 Å². The molecule has 0 radical (unpaired) electrons. The lowest BCUT2D eigenvalue weighted by Crippen LogP contribution is -2.61. The van der Waals surface area contributed by atoms with E-state index in [1.54, 1.807) is 4.90 Å². The number of nitrogens with zero attached hydrogens (tertiary/aromatic N) is 5. The van der Waals surface area contributed by atoms with Crippen LogP contribution in [0.2, 0.25) is 0 Å². The predicted molar refractivity (Wildman–Crippen MR) is 135 cm³/mol. The van der Waals surface area contributed by atoms with Gasteiger partial charge in [0.1, 0.15) is 11.5 Å². The molecular weight excluding hydrogens is 470 g/mol. The normalized spacial score (nSPS) is 20.4. The van der Waals surface area contributed by atoms with Gasteiger partial charge in [0, 0.05) is 25.2 Å². The molecule has 2 aliphatic heterocycles. The number of methoxy groups -OCH3 is 2. The number of ether oxygens (including phenoxy) is 2. The summed E-state index contributed by atoms with van der Waals surface area (Å²) in [6, 6.07) is 0.586. The zero-order chi connectivity index (χ0) is 25.8. The van der Waals surface area contributed by atoms with E-state index in [0.717, 1.165) is 62.6 Å². The Labute approximate surface area is 211 Å². The number of carbonyl (C=O) groups is 1. The Balaban J connectivity index is 1.62. The average Bonchev–Trinajstić information content (AvgIpc) is 3.38. The summed E-state index contributed by atoms with van der Waals surface area (Å²) in [5.41, 5.74) is -0.466. The van der Waals surface area contributed by atoms with E-state index in [0.29, 0.717) is 18.3 Å². The van der Waals surface area contributed by atoms with E-state index in [9.17, 15) is 4.79 Å². The Kier molecular flexibility index (Phi) is 8.28. The van der Waals surface area contributed by atoms with Crippen LogP contribution in [0, 0.1) is 17.6 Å². The van der Waals surface area contributed by atoms with Crippen molar-refractivity contribution in [2.24, 2.45) is 15.9 Å². The van der Waals surface area contributed by atoms with Crippen LogP contribution in [0.1, 0.15) is 38.5 Å². The number of aliphatic imine (C=N–C) groups is 2. The maximum Gasteiger partial charge on any atom is 0.330 e. The number of amidine groups is 1. The molecular formula is C25H36F2N6O3. The summed E-state index contributed by atoms with van der Waals surface area (Å²) in [4.78, 5) is 28.1. The first kappa shape index (κ1) is 26.1. The van der Waals surface area contributed by atoms with Crippen LogP contribution in [0.15, 0.2) is 16.1 Å². The topological polar surface area (TPSA) is 82.0 Å². The van der Waals surface area contributed by atoms with Crippen LogP contribution in [-0.4, -0.2) is 88.2 Å². The number of rotatable bonds is 9. The van der Waals surface area contributed by atoms with Crippen LogP contribution >= 0.6 is 0 Å². The fraction of sp³-hybridized carbons (Fsp3) is 0.640. The summed E-state index contributed by atoms with van der Waals surface area (Å²) in [5.74, 6) is -1.39. The quantitative estimate of drug-likeness (QED) is 0.519. The number of hydrogen-bond donors (Lipinski definition) is 1. The van der Waals surface area contributed by atoms with Crippen molar-refractivity contribution in [3.05, 3.63) is 17.7 Å². The summed E-state index contributed by atoms with van der Waals surface area (Å²) >= 11 is 0. The first-order valence-corrected chi connectivity index (χ1v) is 12.6. The van der Waals surface area contributed by atoms with Crippen molar-refractivity contribution < 1.29 is 23.0 Å². The molecule has 1 unspecified atom stereocenters. The van der Waals surface area contributed by atoms with E-state index in [4.69, 9.17) is 14.5 Å². The highest BCUT2D eigenvalue weighted by atomic mass is 19.1. The molecule has 1 saturated heterocycles. The second-order valence-corrected chi connectivity index (χ2v) is 9.73. The molecule has 1 aromatic carbocycles. The van der Waals surface area contributed by atoms with Crippen LogP contribution in [0.5, 0.6) is 11.5 Å². The van der Waals surface area contributed by atoms with E-state index < -0.39 is 23.4 Å². The van der Waals surface area contributed by atoms with E-state index in [-0.39, 0.29) is 30.0 Å². The molecule has 0 aromatic heterocycles. The molecule has 2 fully saturated rings. The molecule has 36 heavy (non-hydrogen) atoms. The van der Waals surface area contributed by atoms with Gasteiger partial charge in [0.15, 0.2) is 23.1 Å². The molecule has 198 valence electrons. The Morgan fingerprint density at radius 3 is 2.39 bits per heavy atom. The number of carbonyl (C=O) groups excluding carboxylic acids is 1. The molecule has 2 amide bonds. The monoisotopic (exact) mass is 506 g/mol. The molecule has 0 bridgehead atoms. The molecule has 3 aliphatic rings. The molecule has 4 rings (SSSR count). The van der Waals surface area contributed by atoms with Crippen molar-refractivity contribution in [1.82, 2.24) is 15.1 Å². The third kappa shape index (κ3) is 5.25. The molecule has 1 aromatic rings. The minimum Gasteiger partial charge on any atom is -0.493 e. The second kappa shape index (κ2) is 11.4. The predicted octanol–water partition coefficient (Wildman–Crippen LogP) is 3.48. The van der Waals surface area contributed by atoms with Crippen molar-refractivity contribution in [3.63, 3.8) is 0 Å². The van der Waals surface area contributed by atoms with Gasteiger partial charge in [-0.1, -0.05) is 12.8 Å². The Morgan fingerprint density at radius 2 is 1.78 bits per heavy atom. The summed E-state index contributed by atoms with van der Waals surface area (Å²) in [6.07, 6.45) is 5.65. The minimum atomic E-state index is -0.935. The summed E-state index contributed by atoms with van der Waals surface area (Å²) < 4.78 is 40.9. The fourth-order valence-electron chi connectivity index (χ4n) is 5.08. The van der Waals surface area contributed by atoms with Gasteiger partial charge in [-0.05, 0) is 46.3 Å². The van der Waals surface area contributed by atoms with E-state index in [2.05, 4.69) is 15.2 Å². The Bertz CT molecular complexity index is 997. The number of fused-ring (bicyclic) bond motifs is 1. The number of unbranched alkanes of at least 4 members (excludes halogenated alkanes) is 1. The number of amides is 2. The number of hydrogen-bond acceptors (Lipinski definition) is 7. The van der Waals surface area contributed by atoms with Gasteiger partial charge in [0.05, 0.1) is 26.7 Å². The van der Waals surface area contributed by atoms with Crippen LogP contribution in [0.3, 0.4) is 0 Å². The molecule has 11 heteroatoms. The van der Waals surface area contributed by atoms with Gasteiger partial charge in [-0.3, -0.25) is 14.8 Å². The third-order valence-electron chi connectivity index (χ3n) is 6.96. The van der Waals surface area contributed by atoms with Gasteiger partial charge in [-0.25, -0.2) is 13.6 Å². The van der Waals surface area contributed by atoms with Crippen molar-refractivity contribution in [3.8, 4) is 11.5 Å². The number of nitrogens with one attached hydrogen (secondary N) is 1. The largest absolute Gasteiger partial charge is 0.493 e. The van der Waals surface area contributed by atoms with Crippen LogP contribution < -0.4 is 19.7 Å². The highest BCUT2D eigenvalue weighted by Crippen LogP contribution is 2.40. The Hall–Kier alpha value is -2.95. The van der Waals surface area contributed by atoms with Gasteiger partial charge in [-0.15, -0.1) is 0 Å². The lowest BCUT2D eigenvalue weighted by atomic mass is 10.00. The SMILES string of the molecule is COc1cc(OC)c(F)c(N2CC3CN=C(NCCCCN(C)C)N=C3N(C3CCCC3)C2=O)c1F. The molecule has 2 heterocycles. The van der Waals surface area contributed by atoms with Gasteiger partial charge >= 0.3 is 6.03 Å². The van der Waals surface area contributed by atoms with Crippen LogP contribution in [0.4, 0.5) is 19.3 Å². The van der Waals surface area contributed by atoms with Crippen LogP contribution in [-0.2, 0) is 0 Å². The first-order chi connectivity index (χ1) is 17.3. The van der Waals surface area contributed by atoms with E-state index in [1.165, 1.54) is 14.2 Å². The van der Waals surface area contributed by atoms with Crippen molar-refractivity contribution in [2.45, 2.75) is 44.6 Å². The Morgan fingerprint density at radius 1 is 1.11 bits per heavy atom. The molecule has 1 N–H and O–H groups in total. The van der Waals surface area contributed by atoms with Crippen molar-refractivity contribution in [2.75, 3.05) is 59.4 Å². The average molecular weight is 507 g/mol. The van der Waals surface area contributed by atoms with E-state index in [1.807, 2.05) is 14.1 Å². The molecule has 1 atom stereocenters. The summed E-state index contributed by atoms with van der Waals surface area (Å²) in [7, 11) is 6.67. The number of urea groups is 1. The second-order valence-electron chi connectivity index (χ2n) is 9.73. The first-order valence-electron chi connectivity index (χ1n) is 12.6. The maximum atomic E-state index is 15.3. The highest BCUT2D eigenvalue weighted by Gasteiger charge is 2.45. The maximum absolute atomic E-state index is 15.3.